The minimum Gasteiger partial charge on any atom is -0.309 e. The van der Waals surface area contributed by atoms with Crippen molar-refractivity contribution in [1.82, 2.24) is 0 Å². The highest BCUT2D eigenvalue weighted by molar-refractivity contribution is 7.54. The summed E-state index contributed by atoms with van der Waals surface area (Å²) < 4.78 is 23.1. The van der Waals surface area contributed by atoms with Gasteiger partial charge in [-0.05, 0) is 44.9 Å². The largest absolute Gasteiger partial charge is 0.334 e. The van der Waals surface area contributed by atoms with Crippen molar-refractivity contribution in [2.45, 2.75) is 47.0 Å². The lowest BCUT2D eigenvalue weighted by molar-refractivity contribution is 0.221. The van der Waals surface area contributed by atoms with Crippen LogP contribution in [0.2, 0.25) is 0 Å². The van der Waals surface area contributed by atoms with Crippen molar-refractivity contribution in [3.8, 4) is 0 Å². The summed E-state index contributed by atoms with van der Waals surface area (Å²) in [5.41, 5.74) is 1.25. The first-order chi connectivity index (χ1) is 8.50. The minimum absolute atomic E-state index is 0.444. The Kier molecular flexibility index (Phi) is 6.62. The molecule has 1 aliphatic carbocycles. The third-order valence-corrected chi connectivity index (χ3v) is 5.63. The van der Waals surface area contributed by atoms with Crippen LogP contribution in [-0.4, -0.2) is 19.4 Å². The Hall–Kier alpha value is -0.110. The van der Waals surface area contributed by atoms with E-state index in [9.17, 15) is 4.57 Å². The molecular weight excluding hydrogens is 247 g/mol. The highest BCUT2D eigenvalue weighted by Gasteiger charge is 2.27. The summed E-state index contributed by atoms with van der Waals surface area (Å²) >= 11 is 0. The van der Waals surface area contributed by atoms with Crippen LogP contribution in [-0.2, 0) is 13.6 Å². The van der Waals surface area contributed by atoms with Crippen LogP contribution in [0.15, 0.2) is 11.6 Å². The van der Waals surface area contributed by atoms with Gasteiger partial charge in [0.15, 0.2) is 0 Å². The van der Waals surface area contributed by atoms with E-state index < -0.39 is 7.60 Å². The van der Waals surface area contributed by atoms with Gasteiger partial charge >= 0.3 is 7.60 Å². The highest BCUT2D eigenvalue weighted by Crippen LogP contribution is 2.50. The van der Waals surface area contributed by atoms with Crippen molar-refractivity contribution in [1.29, 1.82) is 0 Å². The van der Waals surface area contributed by atoms with E-state index in [0.717, 1.165) is 24.7 Å². The van der Waals surface area contributed by atoms with Gasteiger partial charge in [0, 0.05) is 0 Å². The van der Waals surface area contributed by atoms with E-state index in [1.807, 2.05) is 13.8 Å². The molecule has 3 nitrogen and oxygen atoms in total. The number of allylic oxidation sites excluding steroid dienone is 2. The predicted octanol–water partition coefficient (Wildman–Crippen LogP) is 4.64. The van der Waals surface area contributed by atoms with Crippen molar-refractivity contribution >= 4 is 7.60 Å². The zero-order valence-corrected chi connectivity index (χ0v) is 13.0. The standard InChI is InChI=1S/C14H27O3P/c1-5-16-18(15,17-6-2)11-13-7-9-14(10-8-13)12(3)4/h7,12,14H,5-6,8-11H2,1-4H3/t14-/m1/s1. The van der Waals surface area contributed by atoms with Crippen LogP contribution in [0, 0.1) is 11.8 Å². The van der Waals surface area contributed by atoms with Crippen molar-refractivity contribution in [2.24, 2.45) is 11.8 Å². The summed E-state index contributed by atoms with van der Waals surface area (Å²) in [7, 11) is -2.90. The molecule has 0 aromatic rings. The third-order valence-electron chi connectivity index (χ3n) is 3.54. The van der Waals surface area contributed by atoms with Crippen molar-refractivity contribution in [3.05, 3.63) is 11.6 Å². The maximum absolute atomic E-state index is 12.4. The Bertz CT molecular complexity index is 313. The van der Waals surface area contributed by atoms with Crippen LogP contribution in [0.1, 0.15) is 47.0 Å². The maximum Gasteiger partial charge on any atom is 0.334 e. The average Bonchev–Trinajstić information content (AvgIpc) is 2.30. The first-order valence-corrected chi connectivity index (χ1v) is 8.79. The van der Waals surface area contributed by atoms with E-state index >= 15 is 0 Å². The molecule has 1 rings (SSSR count). The Labute approximate surface area is 111 Å². The molecule has 18 heavy (non-hydrogen) atoms. The van der Waals surface area contributed by atoms with Crippen molar-refractivity contribution in [3.63, 3.8) is 0 Å². The Morgan fingerprint density at radius 1 is 1.33 bits per heavy atom. The molecular formula is C14H27O3P. The number of hydrogen-bond acceptors (Lipinski definition) is 3. The summed E-state index contributed by atoms with van der Waals surface area (Å²) in [4.78, 5) is 0. The van der Waals surface area contributed by atoms with Crippen LogP contribution in [0.4, 0.5) is 0 Å². The van der Waals surface area contributed by atoms with Gasteiger partial charge in [-0.3, -0.25) is 4.57 Å². The zero-order chi connectivity index (χ0) is 13.6. The van der Waals surface area contributed by atoms with E-state index in [1.54, 1.807) is 0 Å². The quantitative estimate of drug-likeness (QED) is 0.501. The second kappa shape index (κ2) is 7.47. The molecule has 0 heterocycles. The predicted molar refractivity (Wildman–Crippen MR) is 76.0 cm³/mol. The summed E-state index contributed by atoms with van der Waals surface area (Å²) in [6, 6.07) is 0. The summed E-state index contributed by atoms with van der Waals surface area (Å²) in [6.07, 6.45) is 6.05. The monoisotopic (exact) mass is 274 g/mol. The van der Waals surface area contributed by atoms with Gasteiger partial charge in [0.1, 0.15) is 0 Å². The number of hydrogen-bond donors (Lipinski definition) is 0. The molecule has 0 aromatic heterocycles. The normalized spacial score (nSPS) is 21.2. The molecule has 1 aliphatic rings. The van der Waals surface area contributed by atoms with Crippen LogP contribution in [0.5, 0.6) is 0 Å². The van der Waals surface area contributed by atoms with E-state index in [0.29, 0.717) is 19.4 Å². The Balaban J connectivity index is 2.58. The molecule has 0 saturated carbocycles. The van der Waals surface area contributed by atoms with Crippen molar-refractivity contribution < 1.29 is 13.6 Å². The fourth-order valence-corrected chi connectivity index (χ4v) is 4.26. The molecule has 0 aromatic carbocycles. The second-order valence-corrected chi connectivity index (χ2v) is 7.30. The Morgan fingerprint density at radius 3 is 2.33 bits per heavy atom. The number of rotatable bonds is 7. The minimum atomic E-state index is -2.90. The molecule has 0 bridgehead atoms. The lowest BCUT2D eigenvalue weighted by Crippen LogP contribution is -2.14. The maximum atomic E-state index is 12.4. The van der Waals surface area contributed by atoms with E-state index in [1.165, 1.54) is 12.0 Å². The highest BCUT2D eigenvalue weighted by atomic mass is 31.2. The average molecular weight is 274 g/mol. The molecule has 0 unspecified atom stereocenters. The van der Waals surface area contributed by atoms with Crippen molar-refractivity contribution in [2.75, 3.05) is 19.4 Å². The van der Waals surface area contributed by atoms with Gasteiger partial charge in [0.2, 0.25) is 0 Å². The molecule has 0 fully saturated rings. The van der Waals surface area contributed by atoms with Gasteiger partial charge in [-0.25, -0.2) is 0 Å². The molecule has 4 heteroatoms. The molecule has 0 N–H and O–H groups in total. The first-order valence-electron chi connectivity index (χ1n) is 7.06. The zero-order valence-electron chi connectivity index (χ0n) is 12.1. The van der Waals surface area contributed by atoms with Gasteiger partial charge in [-0.2, -0.15) is 0 Å². The smallest absolute Gasteiger partial charge is 0.309 e. The summed E-state index contributed by atoms with van der Waals surface area (Å²) in [5.74, 6) is 1.50. The fourth-order valence-electron chi connectivity index (χ4n) is 2.43. The molecule has 0 amide bonds. The lowest BCUT2D eigenvalue weighted by Gasteiger charge is -2.26. The molecule has 1 atom stereocenters. The van der Waals surface area contributed by atoms with Gasteiger partial charge in [0.25, 0.3) is 0 Å². The molecule has 0 aliphatic heterocycles. The van der Waals surface area contributed by atoms with Gasteiger partial charge < -0.3 is 9.05 Å². The third kappa shape index (κ3) is 4.87. The van der Waals surface area contributed by atoms with E-state index in [2.05, 4.69) is 19.9 Å². The summed E-state index contributed by atoms with van der Waals surface area (Å²) in [5, 5.41) is 0. The SMILES string of the molecule is CCOP(=O)(CC1=CC[C@@H](C(C)C)CC1)OCC. The first kappa shape index (κ1) is 15.9. The van der Waals surface area contributed by atoms with Crippen LogP contribution in [0.25, 0.3) is 0 Å². The second-order valence-electron chi connectivity index (χ2n) is 5.25. The molecule has 0 saturated heterocycles. The van der Waals surface area contributed by atoms with Gasteiger partial charge in [-0.15, -0.1) is 0 Å². The lowest BCUT2D eigenvalue weighted by atomic mass is 9.83. The molecule has 106 valence electrons. The molecule has 0 spiro atoms. The van der Waals surface area contributed by atoms with E-state index in [4.69, 9.17) is 9.05 Å². The fraction of sp³-hybridized carbons (Fsp3) is 0.857. The Morgan fingerprint density at radius 2 is 1.94 bits per heavy atom. The summed E-state index contributed by atoms with van der Waals surface area (Å²) in [6.45, 7) is 9.15. The van der Waals surface area contributed by atoms with Crippen LogP contribution >= 0.6 is 7.60 Å². The topological polar surface area (TPSA) is 35.5 Å². The van der Waals surface area contributed by atoms with Gasteiger partial charge in [0.05, 0.1) is 19.4 Å². The van der Waals surface area contributed by atoms with Crippen LogP contribution < -0.4 is 0 Å². The molecule has 0 radical (unpaired) electrons. The van der Waals surface area contributed by atoms with Crippen LogP contribution in [0.3, 0.4) is 0 Å². The van der Waals surface area contributed by atoms with E-state index in [-0.39, 0.29) is 0 Å². The van der Waals surface area contributed by atoms with Gasteiger partial charge in [-0.1, -0.05) is 25.5 Å².